The number of hydrogen-bond acceptors (Lipinski definition) is 3. The molecule has 0 aliphatic rings. The average Bonchev–Trinajstić information content (AvgIpc) is 2.46. The van der Waals surface area contributed by atoms with Crippen LogP contribution in [0, 0.1) is 0 Å². The van der Waals surface area contributed by atoms with E-state index in [9.17, 15) is 4.79 Å². The van der Waals surface area contributed by atoms with E-state index in [1.165, 1.54) is 0 Å². The summed E-state index contributed by atoms with van der Waals surface area (Å²) in [6.45, 7) is 0.243. The van der Waals surface area contributed by atoms with Gasteiger partial charge in [-0.05, 0) is 23.3 Å². The first-order valence-electron chi connectivity index (χ1n) is 5.61. The number of carbonyl (C=O) groups excluding carboxylic acids is 1. The molecule has 2 aromatic rings. The topological polar surface area (TPSA) is 35.5 Å². The summed E-state index contributed by atoms with van der Waals surface area (Å²) in [7, 11) is 1.59. The van der Waals surface area contributed by atoms with Crippen LogP contribution in [0.3, 0.4) is 0 Å². The second-order valence-corrected chi connectivity index (χ2v) is 3.82. The van der Waals surface area contributed by atoms with E-state index in [1.54, 1.807) is 19.2 Å². The van der Waals surface area contributed by atoms with Crippen LogP contribution in [0.5, 0.6) is 5.75 Å². The van der Waals surface area contributed by atoms with Crippen LogP contribution in [0.4, 0.5) is 0 Å². The van der Waals surface area contributed by atoms with Crippen LogP contribution in [0.15, 0.2) is 48.5 Å². The Labute approximate surface area is 106 Å². The maximum absolute atomic E-state index is 10.6. The molecule has 0 aromatic heterocycles. The minimum atomic E-state index is 0.243. The van der Waals surface area contributed by atoms with Crippen LogP contribution in [0.25, 0.3) is 11.1 Å². The molecule has 0 radical (unpaired) electrons. The van der Waals surface area contributed by atoms with Crippen molar-refractivity contribution in [2.75, 3.05) is 13.9 Å². The summed E-state index contributed by atoms with van der Waals surface area (Å²) in [5.41, 5.74) is 2.83. The van der Waals surface area contributed by atoms with E-state index in [0.717, 1.165) is 23.2 Å². The predicted molar refractivity (Wildman–Crippen MR) is 69.8 cm³/mol. The molecule has 0 fully saturated rings. The second-order valence-electron chi connectivity index (χ2n) is 3.82. The third-order valence-corrected chi connectivity index (χ3v) is 2.58. The lowest BCUT2D eigenvalue weighted by Crippen LogP contribution is -1.98. The van der Waals surface area contributed by atoms with E-state index >= 15 is 0 Å². The molecule has 0 spiro atoms. The molecule has 0 aliphatic carbocycles. The molecule has 3 nitrogen and oxygen atoms in total. The molecular weight excluding hydrogens is 228 g/mol. The smallest absolute Gasteiger partial charge is 0.188 e. The number of benzene rings is 2. The molecule has 0 amide bonds. The highest BCUT2D eigenvalue weighted by atomic mass is 16.7. The highest BCUT2D eigenvalue weighted by Gasteiger charge is 1.99. The Morgan fingerprint density at radius 3 is 2.00 bits per heavy atom. The van der Waals surface area contributed by atoms with Gasteiger partial charge in [0, 0.05) is 12.7 Å². The fourth-order valence-electron chi connectivity index (χ4n) is 1.62. The highest BCUT2D eigenvalue weighted by molar-refractivity contribution is 5.76. The lowest BCUT2D eigenvalue weighted by atomic mass is 10.0. The minimum absolute atomic E-state index is 0.243. The molecule has 18 heavy (non-hydrogen) atoms. The van der Waals surface area contributed by atoms with Crippen molar-refractivity contribution in [1.29, 1.82) is 0 Å². The molecule has 0 unspecified atom stereocenters. The van der Waals surface area contributed by atoms with Crippen LogP contribution in [0.1, 0.15) is 10.4 Å². The standard InChI is InChI=1S/C15H14O3/c1-17-11-18-15-8-6-14(7-9-15)13-4-2-12(10-16)3-5-13/h2-10H,11H2,1H3. The van der Waals surface area contributed by atoms with Crippen molar-refractivity contribution in [3.05, 3.63) is 54.1 Å². The molecule has 0 bridgehead atoms. The van der Waals surface area contributed by atoms with Crippen molar-refractivity contribution in [1.82, 2.24) is 0 Å². The first kappa shape index (κ1) is 12.3. The van der Waals surface area contributed by atoms with Gasteiger partial charge in [0.25, 0.3) is 0 Å². The van der Waals surface area contributed by atoms with E-state index in [1.807, 2.05) is 36.4 Å². The number of hydrogen-bond donors (Lipinski definition) is 0. The summed E-state index contributed by atoms with van der Waals surface area (Å²) in [6.07, 6.45) is 0.839. The molecule has 0 saturated carbocycles. The fourth-order valence-corrected chi connectivity index (χ4v) is 1.62. The van der Waals surface area contributed by atoms with E-state index in [4.69, 9.17) is 9.47 Å². The van der Waals surface area contributed by atoms with Gasteiger partial charge in [-0.25, -0.2) is 0 Å². The monoisotopic (exact) mass is 242 g/mol. The molecule has 0 N–H and O–H groups in total. The number of aldehydes is 1. The zero-order valence-electron chi connectivity index (χ0n) is 10.1. The lowest BCUT2D eigenvalue weighted by Gasteiger charge is -2.06. The van der Waals surface area contributed by atoms with Crippen LogP contribution in [-0.2, 0) is 4.74 Å². The summed E-state index contributed by atoms with van der Waals surface area (Å²) < 4.78 is 10.1. The number of methoxy groups -OCH3 is 1. The normalized spacial score (nSPS) is 10.1. The van der Waals surface area contributed by atoms with E-state index in [0.29, 0.717) is 5.56 Å². The van der Waals surface area contributed by atoms with E-state index in [-0.39, 0.29) is 6.79 Å². The zero-order chi connectivity index (χ0) is 12.8. The molecule has 0 saturated heterocycles. The van der Waals surface area contributed by atoms with Crippen molar-refractivity contribution < 1.29 is 14.3 Å². The third kappa shape index (κ3) is 2.96. The summed E-state index contributed by atoms with van der Waals surface area (Å²) >= 11 is 0. The molecular formula is C15H14O3. The van der Waals surface area contributed by atoms with Crippen molar-refractivity contribution in [3.8, 4) is 16.9 Å². The summed E-state index contributed by atoms with van der Waals surface area (Å²) in [5.74, 6) is 0.769. The molecule has 2 rings (SSSR count). The van der Waals surface area contributed by atoms with E-state index < -0.39 is 0 Å². The maximum Gasteiger partial charge on any atom is 0.188 e. The van der Waals surface area contributed by atoms with Gasteiger partial charge in [-0.1, -0.05) is 36.4 Å². The molecule has 0 heterocycles. The number of rotatable bonds is 5. The molecule has 0 atom stereocenters. The fraction of sp³-hybridized carbons (Fsp3) is 0.133. The number of carbonyl (C=O) groups is 1. The number of ether oxygens (including phenoxy) is 2. The van der Waals surface area contributed by atoms with Crippen molar-refractivity contribution in [2.24, 2.45) is 0 Å². The quantitative estimate of drug-likeness (QED) is 0.597. The van der Waals surface area contributed by atoms with Crippen LogP contribution in [-0.4, -0.2) is 20.2 Å². The third-order valence-electron chi connectivity index (χ3n) is 2.58. The molecule has 2 aromatic carbocycles. The Morgan fingerprint density at radius 1 is 0.944 bits per heavy atom. The molecule has 92 valence electrons. The highest BCUT2D eigenvalue weighted by Crippen LogP contribution is 2.22. The Bertz CT molecular complexity index is 500. The first-order chi connectivity index (χ1) is 8.83. The molecule has 0 aliphatic heterocycles. The van der Waals surface area contributed by atoms with Gasteiger partial charge in [0.1, 0.15) is 12.0 Å². The predicted octanol–water partition coefficient (Wildman–Crippen LogP) is 3.15. The molecule has 3 heteroatoms. The van der Waals surface area contributed by atoms with Gasteiger partial charge in [0.15, 0.2) is 6.79 Å². The summed E-state index contributed by atoms with van der Waals surface area (Å²) in [4.78, 5) is 10.6. The second kappa shape index (κ2) is 5.98. The Balaban J connectivity index is 2.14. The van der Waals surface area contributed by atoms with Gasteiger partial charge in [-0.3, -0.25) is 4.79 Å². The van der Waals surface area contributed by atoms with E-state index in [2.05, 4.69) is 0 Å². The summed E-state index contributed by atoms with van der Waals surface area (Å²) in [6, 6.07) is 15.2. The Hall–Kier alpha value is -2.13. The van der Waals surface area contributed by atoms with Crippen LogP contribution >= 0.6 is 0 Å². The van der Waals surface area contributed by atoms with Crippen molar-refractivity contribution in [2.45, 2.75) is 0 Å². The van der Waals surface area contributed by atoms with Crippen molar-refractivity contribution in [3.63, 3.8) is 0 Å². The zero-order valence-corrected chi connectivity index (χ0v) is 10.1. The lowest BCUT2D eigenvalue weighted by molar-refractivity contribution is 0.0511. The van der Waals surface area contributed by atoms with Gasteiger partial charge in [0.2, 0.25) is 0 Å². The van der Waals surface area contributed by atoms with Crippen LogP contribution in [0.2, 0.25) is 0 Å². The van der Waals surface area contributed by atoms with Gasteiger partial charge < -0.3 is 9.47 Å². The average molecular weight is 242 g/mol. The maximum atomic E-state index is 10.6. The minimum Gasteiger partial charge on any atom is -0.468 e. The van der Waals surface area contributed by atoms with Gasteiger partial charge in [-0.15, -0.1) is 0 Å². The Morgan fingerprint density at radius 2 is 1.50 bits per heavy atom. The first-order valence-corrected chi connectivity index (χ1v) is 5.61. The van der Waals surface area contributed by atoms with Crippen molar-refractivity contribution >= 4 is 6.29 Å². The SMILES string of the molecule is COCOc1ccc(-c2ccc(C=O)cc2)cc1. The van der Waals surface area contributed by atoms with Gasteiger partial charge in [-0.2, -0.15) is 0 Å². The van der Waals surface area contributed by atoms with Crippen LogP contribution < -0.4 is 4.74 Å². The largest absolute Gasteiger partial charge is 0.468 e. The Kier molecular flexibility index (Phi) is 4.10. The summed E-state index contributed by atoms with van der Waals surface area (Å²) in [5, 5.41) is 0. The van der Waals surface area contributed by atoms with Gasteiger partial charge in [0.05, 0.1) is 0 Å². The van der Waals surface area contributed by atoms with Gasteiger partial charge >= 0.3 is 0 Å².